The van der Waals surface area contributed by atoms with Crippen molar-refractivity contribution in [2.45, 2.75) is 5.92 Å². The topological polar surface area (TPSA) is 48.1 Å². The summed E-state index contributed by atoms with van der Waals surface area (Å²) in [7, 11) is 1.65. The zero-order chi connectivity index (χ0) is 13.0. The van der Waals surface area contributed by atoms with Crippen molar-refractivity contribution in [1.82, 2.24) is 4.98 Å². The molecule has 0 radical (unpaired) electrons. The number of halogens is 1. The van der Waals surface area contributed by atoms with Crippen LogP contribution in [0.15, 0.2) is 47.2 Å². The van der Waals surface area contributed by atoms with E-state index in [9.17, 15) is 0 Å². The van der Waals surface area contributed by atoms with Gasteiger partial charge in [0.15, 0.2) is 0 Å². The van der Waals surface area contributed by atoms with Gasteiger partial charge in [-0.1, -0.05) is 12.1 Å². The van der Waals surface area contributed by atoms with E-state index in [1.807, 2.05) is 36.5 Å². The van der Waals surface area contributed by atoms with Crippen LogP contribution in [0.2, 0.25) is 0 Å². The number of pyridine rings is 1. The summed E-state index contributed by atoms with van der Waals surface area (Å²) in [6.07, 6.45) is 3.62. The SMILES string of the molecule is COc1ccc(C(CN)c2cccnc2)cc1Br. The van der Waals surface area contributed by atoms with Gasteiger partial charge in [-0.15, -0.1) is 0 Å². The third-order valence-corrected chi connectivity index (χ3v) is 3.52. The van der Waals surface area contributed by atoms with Gasteiger partial charge in [0.1, 0.15) is 5.75 Å². The third kappa shape index (κ3) is 2.71. The van der Waals surface area contributed by atoms with E-state index in [0.717, 1.165) is 21.3 Å². The van der Waals surface area contributed by atoms with E-state index in [2.05, 4.69) is 20.9 Å². The molecule has 1 unspecified atom stereocenters. The number of aromatic nitrogens is 1. The van der Waals surface area contributed by atoms with E-state index in [4.69, 9.17) is 10.5 Å². The molecule has 0 aliphatic heterocycles. The zero-order valence-electron chi connectivity index (χ0n) is 10.1. The number of benzene rings is 1. The summed E-state index contributed by atoms with van der Waals surface area (Å²) in [5.41, 5.74) is 8.16. The Hall–Kier alpha value is -1.39. The maximum Gasteiger partial charge on any atom is 0.133 e. The van der Waals surface area contributed by atoms with Crippen LogP contribution >= 0.6 is 15.9 Å². The second-order valence-corrected chi connectivity index (χ2v) is 4.82. The lowest BCUT2D eigenvalue weighted by atomic mass is 9.92. The Morgan fingerprint density at radius 3 is 2.72 bits per heavy atom. The molecule has 1 aromatic heterocycles. The van der Waals surface area contributed by atoms with Crippen LogP contribution < -0.4 is 10.5 Å². The lowest BCUT2D eigenvalue weighted by Gasteiger charge is -2.16. The standard InChI is InChI=1S/C14H15BrN2O/c1-18-14-5-4-10(7-13(14)15)12(8-16)11-3-2-6-17-9-11/h2-7,9,12H,8,16H2,1H3. The molecule has 0 aliphatic carbocycles. The Kier molecular flexibility index (Phi) is 4.33. The minimum atomic E-state index is 0.154. The van der Waals surface area contributed by atoms with Crippen molar-refractivity contribution < 1.29 is 4.74 Å². The van der Waals surface area contributed by atoms with Gasteiger partial charge in [0.05, 0.1) is 11.6 Å². The van der Waals surface area contributed by atoms with Gasteiger partial charge in [0.25, 0.3) is 0 Å². The first-order chi connectivity index (χ1) is 8.76. The molecule has 94 valence electrons. The Morgan fingerprint density at radius 1 is 1.33 bits per heavy atom. The normalized spacial score (nSPS) is 12.2. The lowest BCUT2D eigenvalue weighted by Crippen LogP contribution is -2.14. The smallest absolute Gasteiger partial charge is 0.133 e. The molecule has 18 heavy (non-hydrogen) atoms. The van der Waals surface area contributed by atoms with Crippen molar-refractivity contribution in [3.63, 3.8) is 0 Å². The summed E-state index contributed by atoms with van der Waals surface area (Å²) in [5, 5.41) is 0. The molecular weight excluding hydrogens is 292 g/mol. The Labute approximate surface area is 115 Å². The maximum atomic E-state index is 5.88. The van der Waals surface area contributed by atoms with E-state index < -0.39 is 0 Å². The van der Waals surface area contributed by atoms with Gasteiger partial charge in [0, 0.05) is 24.9 Å². The van der Waals surface area contributed by atoms with Gasteiger partial charge in [-0.3, -0.25) is 4.98 Å². The molecule has 0 fully saturated rings. The largest absolute Gasteiger partial charge is 0.496 e. The number of ether oxygens (including phenoxy) is 1. The Morgan fingerprint density at radius 2 is 2.17 bits per heavy atom. The van der Waals surface area contributed by atoms with Crippen molar-refractivity contribution in [2.75, 3.05) is 13.7 Å². The molecule has 0 spiro atoms. The average molecular weight is 307 g/mol. The highest BCUT2D eigenvalue weighted by molar-refractivity contribution is 9.10. The van der Waals surface area contributed by atoms with Crippen molar-refractivity contribution in [3.8, 4) is 5.75 Å². The monoisotopic (exact) mass is 306 g/mol. The molecule has 2 aromatic rings. The van der Waals surface area contributed by atoms with E-state index in [1.54, 1.807) is 13.3 Å². The second kappa shape index (κ2) is 5.98. The number of hydrogen-bond acceptors (Lipinski definition) is 3. The van der Waals surface area contributed by atoms with Crippen LogP contribution in [0.4, 0.5) is 0 Å². The van der Waals surface area contributed by atoms with Gasteiger partial charge in [0.2, 0.25) is 0 Å². The van der Waals surface area contributed by atoms with Crippen LogP contribution in [0.1, 0.15) is 17.0 Å². The minimum Gasteiger partial charge on any atom is -0.496 e. The summed E-state index contributed by atoms with van der Waals surface area (Å²) in [4.78, 5) is 4.14. The predicted octanol–water partition coefficient (Wildman–Crippen LogP) is 2.94. The molecule has 1 heterocycles. The first kappa shape index (κ1) is 13.1. The zero-order valence-corrected chi connectivity index (χ0v) is 11.7. The van der Waals surface area contributed by atoms with E-state index in [1.165, 1.54) is 0 Å². The van der Waals surface area contributed by atoms with Crippen LogP contribution in [0.5, 0.6) is 5.75 Å². The lowest BCUT2D eigenvalue weighted by molar-refractivity contribution is 0.412. The Balaban J connectivity index is 2.37. The molecule has 4 heteroatoms. The summed E-state index contributed by atoms with van der Waals surface area (Å²) in [6.45, 7) is 0.546. The van der Waals surface area contributed by atoms with Crippen LogP contribution in [0, 0.1) is 0 Å². The summed E-state index contributed by atoms with van der Waals surface area (Å²) >= 11 is 3.50. The van der Waals surface area contributed by atoms with Crippen LogP contribution in [-0.4, -0.2) is 18.6 Å². The van der Waals surface area contributed by atoms with Gasteiger partial charge in [-0.2, -0.15) is 0 Å². The number of nitrogens with zero attached hydrogens (tertiary/aromatic N) is 1. The summed E-state index contributed by atoms with van der Waals surface area (Å²) in [5.74, 6) is 0.974. The average Bonchev–Trinajstić information content (AvgIpc) is 2.41. The first-order valence-electron chi connectivity index (χ1n) is 5.69. The fourth-order valence-electron chi connectivity index (χ4n) is 1.95. The molecule has 0 bridgehead atoms. The predicted molar refractivity (Wildman–Crippen MR) is 75.8 cm³/mol. The summed E-state index contributed by atoms with van der Waals surface area (Å²) < 4.78 is 6.16. The maximum absolute atomic E-state index is 5.88. The fraction of sp³-hybridized carbons (Fsp3) is 0.214. The van der Waals surface area contributed by atoms with Gasteiger partial charge >= 0.3 is 0 Å². The molecule has 3 nitrogen and oxygen atoms in total. The van der Waals surface area contributed by atoms with Crippen LogP contribution in [0.25, 0.3) is 0 Å². The molecule has 1 aromatic carbocycles. The molecule has 2 rings (SSSR count). The highest BCUT2D eigenvalue weighted by atomic mass is 79.9. The van der Waals surface area contributed by atoms with Crippen molar-refractivity contribution >= 4 is 15.9 Å². The number of rotatable bonds is 4. The van der Waals surface area contributed by atoms with E-state index >= 15 is 0 Å². The van der Waals surface area contributed by atoms with E-state index in [0.29, 0.717) is 6.54 Å². The van der Waals surface area contributed by atoms with Crippen molar-refractivity contribution in [3.05, 3.63) is 58.3 Å². The number of hydrogen-bond donors (Lipinski definition) is 1. The molecule has 0 saturated heterocycles. The Bertz CT molecular complexity index is 516. The van der Waals surface area contributed by atoms with Crippen LogP contribution in [0.3, 0.4) is 0 Å². The molecule has 0 aliphatic rings. The fourth-order valence-corrected chi connectivity index (χ4v) is 2.50. The summed E-state index contributed by atoms with van der Waals surface area (Å²) in [6, 6.07) is 10.00. The minimum absolute atomic E-state index is 0.154. The van der Waals surface area contributed by atoms with Gasteiger partial charge < -0.3 is 10.5 Å². The van der Waals surface area contributed by atoms with Gasteiger partial charge in [-0.05, 0) is 45.3 Å². The quantitative estimate of drug-likeness (QED) is 0.945. The highest BCUT2D eigenvalue weighted by Gasteiger charge is 2.14. The number of nitrogens with two attached hydrogens (primary N) is 1. The second-order valence-electron chi connectivity index (χ2n) is 3.97. The highest BCUT2D eigenvalue weighted by Crippen LogP contribution is 2.31. The van der Waals surface area contributed by atoms with Crippen molar-refractivity contribution in [2.24, 2.45) is 5.73 Å². The molecule has 2 N–H and O–H groups in total. The first-order valence-corrected chi connectivity index (χ1v) is 6.49. The van der Waals surface area contributed by atoms with E-state index in [-0.39, 0.29) is 5.92 Å². The van der Waals surface area contributed by atoms with Gasteiger partial charge in [-0.25, -0.2) is 0 Å². The molecule has 0 amide bonds. The third-order valence-electron chi connectivity index (χ3n) is 2.90. The number of methoxy groups -OCH3 is 1. The van der Waals surface area contributed by atoms with Crippen LogP contribution in [-0.2, 0) is 0 Å². The molecule has 0 saturated carbocycles. The molecular formula is C14H15BrN2O. The van der Waals surface area contributed by atoms with Crippen molar-refractivity contribution in [1.29, 1.82) is 0 Å². The molecule has 1 atom stereocenters.